The first-order valence-corrected chi connectivity index (χ1v) is 22.1. The Labute approximate surface area is 330 Å². The fourth-order valence-electron chi connectivity index (χ4n) is 5.97. The molecule has 6 aromatic rings. The summed E-state index contributed by atoms with van der Waals surface area (Å²) in [6.07, 6.45) is 0. The third-order valence-electron chi connectivity index (χ3n) is 9.21. The Morgan fingerprint density at radius 3 is 1.18 bits per heavy atom. The average Bonchev–Trinajstić information content (AvgIpc) is 3.11. The van der Waals surface area contributed by atoms with Gasteiger partial charge in [0.25, 0.3) is 0 Å². The van der Waals surface area contributed by atoms with Gasteiger partial charge in [-0.3, -0.25) is 0 Å². The molecule has 0 amide bonds. The van der Waals surface area contributed by atoms with Crippen LogP contribution in [0.4, 0.5) is 0 Å². The minimum atomic E-state index is -4.70. The van der Waals surface area contributed by atoms with Gasteiger partial charge in [0.15, 0.2) is 20.4 Å². The fraction of sp³-hybridized carbons (Fsp3) is 0.261. The molecule has 0 aliphatic carbocycles. The number of hydrogen-bond donors (Lipinski definition) is 0. The molecule has 0 heterocycles. The van der Waals surface area contributed by atoms with E-state index in [-0.39, 0.29) is 48.6 Å². The van der Waals surface area contributed by atoms with Gasteiger partial charge < -0.3 is 8.74 Å². The Hall–Kier alpha value is -4.41. The van der Waals surface area contributed by atoms with E-state index in [4.69, 9.17) is 4.18 Å². The van der Waals surface area contributed by atoms with Gasteiger partial charge in [-0.1, -0.05) is 141 Å². The first-order valence-electron chi connectivity index (χ1n) is 18.1. The molecule has 0 N–H and O–H groups in total. The fourth-order valence-corrected chi connectivity index (χ4v) is 9.66. The number of benzene rings is 6. The molecule has 0 aromatic heterocycles. The first kappa shape index (κ1) is 41.7. The van der Waals surface area contributed by atoms with Crippen LogP contribution in [0.25, 0.3) is 10.8 Å². The van der Waals surface area contributed by atoms with E-state index in [2.05, 4.69) is 135 Å². The van der Waals surface area contributed by atoms with Crippen molar-refractivity contribution >= 4 is 41.9 Å². The second-order valence-electron chi connectivity index (χ2n) is 16.5. The highest BCUT2D eigenvalue weighted by atomic mass is 32.2. The molecule has 6 nitrogen and oxygen atoms in total. The molecule has 0 saturated heterocycles. The van der Waals surface area contributed by atoms with Gasteiger partial charge in [0.1, 0.15) is 15.0 Å². The van der Waals surface area contributed by atoms with E-state index in [1.165, 1.54) is 55.6 Å². The zero-order valence-electron chi connectivity index (χ0n) is 33.0. The Bertz CT molecular complexity index is 2320. The number of fused-ring (bicyclic) bond motifs is 1. The molecule has 0 aliphatic heterocycles. The quantitative estimate of drug-likeness (QED) is 0.0906. The molecule has 0 unspecified atom stereocenters. The van der Waals surface area contributed by atoms with Gasteiger partial charge in [0.2, 0.25) is 0 Å². The van der Waals surface area contributed by atoms with Crippen molar-refractivity contribution in [2.45, 2.75) is 103 Å². The van der Waals surface area contributed by atoms with Gasteiger partial charge in [-0.05, 0) is 93.6 Å². The molecule has 0 bridgehead atoms. The summed E-state index contributed by atoms with van der Waals surface area (Å²) in [6.45, 7) is 20.5. The molecular weight excluding hydrogens is 745 g/mol. The topological polar surface area (TPSA) is 101 Å². The van der Waals surface area contributed by atoms with Crippen molar-refractivity contribution in [3.63, 3.8) is 0 Å². The molecule has 0 saturated carbocycles. The van der Waals surface area contributed by atoms with Gasteiger partial charge in [0, 0.05) is 10.8 Å². The van der Waals surface area contributed by atoms with Crippen molar-refractivity contribution in [2.75, 3.05) is 0 Å². The molecule has 288 valence electrons. The van der Waals surface area contributed by atoms with E-state index in [1.54, 1.807) is 30.3 Å². The van der Waals surface area contributed by atoms with Crippen LogP contribution < -0.4 is 4.18 Å². The summed E-state index contributed by atoms with van der Waals surface area (Å²) in [6, 6.07) is 43.6. The second-order valence-corrected chi connectivity index (χ2v) is 21.5. The lowest BCUT2D eigenvalue weighted by atomic mass is 9.87. The summed E-state index contributed by atoms with van der Waals surface area (Å²) in [5.41, 5.74) is 4.64. The Morgan fingerprint density at radius 1 is 0.455 bits per heavy atom. The lowest BCUT2D eigenvalue weighted by molar-refractivity contribution is 0.464. The molecule has 0 aliphatic rings. The van der Waals surface area contributed by atoms with Crippen molar-refractivity contribution in [1.82, 2.24) is 0 Å². The summed E-state index contributed by atoms with van der Waals surface area (Å²) in [4.78, 5) is 3.66. The lowest BCUT2D eigenvalue weighted by Gasteiger charge is -2.21. The monoisotopic (exact) mass is 794 g/mol. The van der Waals surface area contributed by atoms with Crippen LogP contribution in [0.5, 0.6) is 5.75 Å². The maximum Gasteiger partial charge on any atom is 0.339 e. The Morgan fingerprint density at radius 2 is 0.818 bits per heavy atom. The van der Waals surface area contributed by atoms with Gasteiger partial charge in [-0.2, -0.15) is 8.42 Å². The smallest absolute Gasteiger partial charge is 0.339 e. The summed E-state index contributed by atoms with van der Waals surface area (Å²) in [5, 5.41) is 0.321. The minimum absolute atomic E-state index is 0.0328. The van der Waals surface area contributed by atoms with Gasteiger partial charge in [0.05, 0.1) is 15.8 Å². The van der Waals surface area contributed by atoms with Gasteiger partial charge >= 0.3 is 10.1 Å². The SMILES string of the molecule is CC(C)(C)c1ccc([S+](c2ccc(C(C)(C)C)cc2)c2ccc(C(C)(C)C)cc2)cc1.O=S(=O)([O-])c1ccc(OS(=O)(=O)c2ccccc2)c2ccccc12. The van der Waals surface area contributed by atoms with Crippen molar-refractivity contribution in [1.29, 1.82) is 0 Å². The zero-order valence-corrected chi connectivity index (χ0v) is 35.4. The number of hydrogen-bond acceptors (Lipinski definition) is 6. The summed E-state index contributed by atoms with van der Waals surface area (Å²) in [5.74, 6) is -0.0538. The minimum Gasteiger partial charge on any atom is -0.744 e. The lowest BCUT2D eigenvalue weighted by Crippen LogP contribution is -2.13. The molecular formula is C46H50O6S3. The Kier molecular flexibility index (Phi) is 12.1. The second kappa shape index (κ2) is 16.0. The van der Waals surface area contributed by atoms with Crippen molar-refractivity contribution in [2.24, 2.45) is 0 Å². The van der Waals surface area contributed by atoms with Crippen LogP contribution >= 0.6 is 0 Å². The summed E-state index contributed by atoms with van der Waals surface area (Å²) in [7, 11) is -8.90. The molecule has 55 heavy (non-hydrogen) atoms. The molecule has 0 fully saturated rings. The van der Waals surface area contributed by atoms with Crippen molar-refractivity contribution in [3.05, 3.63) is 156 Å². The molecule has 0 spiro atoms. The zero-order chi connectivity index (χ0) is 40.4. The standard InChI is InChI=1S/C30H39S.C16H12O6S2/c1-28(2,3)22-10-16-25(17-11-22)31(26-18-12-23(13-19-26)29(4,5)6)27-20-14-24(15-21-27)30(7,8)9;17-23(18,19)16-11-10-15(13-8-4-5-9-14(13)16)22-24(20,21)12-6-2-1-3-7-12/h10-21H,1-9H3;1-11H,(H,17,18,19)/q+1;/p-1. The highest BCUT2D eigenvalue weighted by molar-refractivity contribution is 7.97. The number of rotatable bonds is 7. The highest BCUT2D eigenvalue weighted by Gasteiger charge is 2.30. The summed E-state index contributed by atoms with van der Waals surface area (Å²) >= 11 is 0. The maximum atomic E-state index is 12.3. The predicted molar refractivity (Wildman–Crippen MR) is 224 cm³/mol. The van der Waals surface area contributed by atoms with Crippen LogP contribution in [-0.2, 0) is 47.4 Å². The maximum absolute atomic E-state index is 12.3. The van der Waals surface area contributed by atoms with Crippen LogP contribution in [0, 0.1) is 0 Å². The predicted octanol–water partition coefficient (Wildman–Crippen LogP) is 11.2. The van der Waals surface area contributed by atoms with Crippen LogP contribution in [0.15, 0.2) is 164 Å². The van der Waals surface area contributed by atoms with Crippen LogP contribution in [0.2, 0.25) is 0 Å². The highest BCUT2D eigenvalue weighted by Crippen LogP contribution is 2.36. The van der Waals surface area contributed by atoms with E-state index >= 15 is 0 Å². The molecule has 6 rings (SSSR count). The van der Waals surface area contributed by atoms with E-state index in [1.807, 2.05) is 0 Å². The van der Waals surface area contributed by atoms with Gasteiger partial charge in [-0.15, -0.1) is 0 Å². The van der Waals surface area contributed by atoms with Crippen LogP contribution in [0.1, 0.15) is 79.0 Å². The van der Waals surface area contributed by atoms with E-state index in [9.17, 15) is 21.4 Å². The van der Waals surface area contributed by atoms with Gasteiger partial charge in [-0.25, -0.2) is 8.42 Å². The molecule has 0 radical (unpaired) electrons. The molecule has 6 aromatic carbocycles. The van der Waals surface area contributed by atoms with Crippen LogP contribution in [0.3, 0.4) is 0 Å². The Balaban J connectivity index is 0.000000218. The third kappa shape index (κ3) is 10.3. The van der Waals surface area contributed by atoms with Crippen LogP contribution in [-0.4, -0.2) is 21.4 Å². The average molecular weight is 795 g/mol. The molecule has 9 heteroatoms. The van der Waals surface area contributed by atoms with Crippen molar-refractivity contribution in [3.8, 4) is 5.75 Å². The van der Waals surface area contributed by atoms with E-state index in [0.717, 1.165) is 12.1 Å². The largest absolute Gasteiger partial charge is 0.744 e. The molecule has 0 atom stereocenters. The third-order valence-corrected chi connectivity index (χ3v) is 13.6. The summed E-state index contributed by atoms with van der Waals surface area (Å²) < 4.78 is 63.8. The first-order chi connectivity index (χ1) is 25.6. The van der Waals surface area contributed by atoms with E-state index < -0.39 is 25.1 Å². The van der Waals surface area contributed by atoms with E-state index in [0.29, 0.717) is 0 Å². The van der Waals surface area contributed by atoms with Crippen molar-refractivity contribution < 1.29 is 25.6 Å². The normalized spacial score (nSPS) is 12.6.